The standard InChI is InChI=1S/C16H18N2O5/c1-16(2)15(20)14(17-9-3-5-11(19)7-9)12-8-10(18(21)22)4-6-13(12)23-16/h4,6-8,14-15,17,20H,3,5H2,1-2H3/t14-,15+/m0/s1. The number of aliphatic hydroxyl groups is 1. The molecule has 0 bridgehead atoms. The molecule has 0 amide bonds. The Morgan fingerprint density at radius 3 is 2.74 bits per heavy atom. The highest BCUT2D eigenvalue weighted by Gasteiger charge is 2.44. The summed E-state index contributed by atoms with van der Waals surface area (Å²) in [7, 11) is 0. The lowest BCUT2D eigenvalue weighted by atomic mass is 9.86. The van der Waals surface area contributed by atoms with Crippen LogP contribution < -0.4 is 10.1 Å². The van der Waals surface area contributed by atoms with E-state index < -0.39 is 22.7 Å². The molecule has 23 heavy (non-hydrogen) atoms. The molecule has 1 heterocycles. The maximum absolute atomic E-state index is 11.4. The van der Waals surface area contributed by atoms with E-state index in [9.17, 15) is 20.0 Å². The van der Waals surface area contributed by atoms with Crippen molar-refractivity contribution in [2.45, 2.75) is 44.4 Å². The van der Waals surface area contributed by atoms with Crippen LogP contribution in [0.5, 0.6) is 5.75 Å². The lowest BCUT2D eigenvalue weighted by molar-refractivity contribution is -0.385. The number of benzene rings is 1. The van der Waals surface area contributed by atoms with Crippen LogP contribution in [0, 0.1) is 10.1 Å². The fourth-order valence-corrected chi connectivity index (χ4v) is 2.97. The molecular weight excluding hydrogens is 300 g/mol. The number of nitrogens with one attached hydrogen (secondary N) is 1. The predicted octanol–water partition coefficient (Wildman–Crippen LogP) is 2.00. The van der Waals surface area contributed by atoms with Crippen molar-refractivity contribution >= 4 is 11.5 Å². The number of nitro groups is 1. The smallest absolute Gasteiger partial charge is 0.270 e. The second-order valence-electron chi connectivity index (χ2n) is 6.39. The van der Waals surface area contributed by atoms with E-state index in [1.807, 2.05) is 0 Å². The molecule has 0 aromatic heterocycles. The molecule has 0 saturated heterocycles. The minimum absolute atomic E-state index is 0.0348. The fourth-order valence-electron chi connectivity index (χ4n) is 2.97. The van der Waals surface area contributed by atoms with Crippen molar-refractivity contribution < 1.29 is 19.6 Å². The van der Waals surface area contributed by atoms with E-state index in [4.69, 9.17) is 4.74 Å². The van der Waals surface area contributed by atoms with Crippen molar-refractivity contribution in [1.82, 2.24) is 5.32 Å². The maximum Gasteiger partial charge on any atom is 0.270 e. The maximum atomic E-state index is 11.4. The second-order valence-corrected chi connectivity index (χ2v) is 6.39. The summed E-state index contributed by atoms with van der Waals surface area (Å²) in [6.07, 6.45) is 1.61. The van der Waals surface area contributed by atoms with Gasteiger partial charge in [0.25, 0.3) is 5.69 Å². The SMILES string of the molecule is CC1(C)Oc2ccc([N+](=O)[O-])cc2[C@H](NC2=CC(=O)CC2)[C@H]1O. The highest BCUT2D eigenvalue weighted by atomic mass is 16.6. The Kier molecular flexibility index (Phi) is 3.60. The third kappa shape index (κ3) is 2.79. The van der Waals surface area contributed by atoms with Crippen LogP contribution in [0.15, 0.2) is 30.0 Å². The van der Waals surface area contributed by atoms with Gasteiger partial charge in [-0.25, -0.2) is 0 Å². The molecule has 3 rings (SSSR count). The quantitative estimate of drug-likeness (QED) is 0.653. The molecule has 2 aliphatic rings. The van der Waals surface area contributed by atoms with Crippen LogP contribution in [0.3, 0.4) is 0 Å². The number of rotatable bonds is 3. The Morgan fingerprint density at radius 1 is 1.39 bits per heavy atom. The molecule has 1 aliphatic carbocycles. The number of fused-ring (bicyclic) bond motifs is 1. The van der Waals surface area contributed by atoms with Gasteiger partial charge >= 0.3 is 0 Å². The molecule has 0 unspecified atom stereocenters. The van der Waals surface area contributed by atoms with E-state index in [1.54, 1.807) is 19.9 Å². The van der Waals surface area contributed by atoms with Crippen molar-refractivity contribution in [3.8, 4) is 5.75 Å². The third-order valence-electron chi connectivity index (χ3n) is 4.26. The molecule has 0 saturated carbocycles. The summed E-state index contributed by atoms with van der Waals surface area (Å²) in [4.78, 5) is 21.9. The molecule has 0 spiro atoms. The lowest BCUT2D eigenvalue weighted by Crippen LogP contribution is -2.52. The molecule has 2 atom stereocenters. The zero-order chi connectivity index (χ0) is 16.8. The molecule has 7 heteroatoms. The fraction of sp³-hybridized carbons (Fsp3) is 0.438. The van der Waals surface area contributed by atoms with Gasteiger partial charge in [0.15, 0.2) is 5.78 Å². The van der Waals surface area contributed by atoms with Crippen LogP contribution >= 0.6 is 0 Å². The summed E-state index contributed by atoms with van der Waals surface area (Å²) >= 11 is 0. The Bertz CT molecular complexity index is 710. The number of aliphatic hydroxyl groups excluding tert-OH is 1. The number of nitro benzene ring substituents is 1. The van der Waals surface area contributed by atoms with Gasteiger partial charge in [-0.3, -0.25) is 14.9 Å². The zero-order valence-corrected chi connectivity index (χ0v) is 12.9. The van der Waals surface area contributed by atoms with E-state index in [0.717, 1.165) is 5.70 Å². The van der Waals surface area contributed by atoms with Crippen LogP contribution in [-0.4, -0.2) is 27.5 Å². The van der Waals surface area contributed by atoms with E-state index >= 15 is 0 Å². The number of hydrogen-bond donors (Lipinski definition) is 2. The average molecular weight is 318 g/mol. The summed E-state index contributed by atoms with van der Waals surface area (Å²) < 4.78 is 5.78. The Hall–Kier alpha value is -2.41. The van der Waals surface area contributed by atoms with Crippen LogP contribution in [-0.2, 0) is 4.79 Å². The molecule has 1 aromatic carbocycles. The minimum Gasteiger partial charge on any atom is -0.485 e. The number of allylic oxidation sites excluding steroid dienone is 2. The number of carbonyl (C=O) groups excluding carboxylic acids is 1. The minimum atomic E-state index is -0.923. The van der Waals surface area contributed by atoms with Crippen LogP contribution in [0.25, 0.3) is 0 Å². The number of ether oxygens (including phenoxy) is 1. The van der Waals surface area contributed by atoms with Gasteiger partial charge < -0.3 is 15.2 Å². The average Bonchev–Trinajstić information content (AvgIpc) is 2.88. The number of nitrogens with zero attached hydrogens (tertiary/aromatic N) is 1. The van der Waals surface area contributed by atoms with Gasteiger partial charge in [0.2, 0.25) is 0 Å². The van der Waals surface area contributed by atoms with Crippen molar-refractivity contribution in [2.24, 2.45) is 0 Å². The van der Waals surface area contributed by atoms with Gasteiger partial charge in [0, 0.05) is 35.9 Å². The molecule has 7 nitrogen and oxygen atoms in total. The molecule has 122 valence electrons. The lowest BCUT2D eigenvalue weighted by Gasteiger charge is -2.42. The summed E-state index contributed by atoms with van der Waals surface area (Å²) in [6.45, 7) is 3.51. The van der Waals surface area contributed by atoms with Crippen molar-refractivity contribution in [2.75, 3.05) is 0 Å². The normalized spacial score (nSPS) is 25.3. The van der Waals surface area contributed by atoms with Gasteiger partial charge in [0.05, 0.1) is 11.0 Å². The first-order valence-electron chi connectivity index (χ1n) is 7.43. The Labute approximate surface area is 133 Å². The van der Waals surface area contributed by atoms with E-state index in [0.29, 0.717) is 24.2 Å². The molecule has 1 aliphatic heterocycles. The first-order valence-corrected chi connectivity index (χ1v) is 7.43. The third-order valence-corrected chi connectivity index (χ3v) is 4.26. The highest BCUT2D eigenvalue weighted by molar-refractivity contribution is 5.92. The monoisotopic (exact) mass is 318 g/mol. The first kappa shape index (κ1) is 15.5. The summed E-state index contributed by atoms with van der Waals surface area (Å²) in [5, 5.41) is 24.8. The van der Waals surface area contributed by atoms with Crippen molar-refractivity contribution in [3.63, 3.8) is 0 Å². The van der Waals surface area contributed by atoms with Gasteiger partial charge in [-0.15, -0.1) is 0 Å². The first-order chi connectivity index (χ1) is 10.8. The van der Waals surface area contributed by atoms with Crippen molar-refractivity contribution in [3.05, 3.63) is 45.6 Å². The van der Waals surface area contributed by atoms with E-state index in [2.05, 4.69) is 5.32 Å². The van der Waals surface area contributed by atoms with Gasteiger partial charge in [-0.2, -0.15) is 0 Å². The molecule has 2 N–H and O–H groups in total. The number of hydrogen-bond acceptors (Lipinski definition) is 6. The van der Waals surface area contributed by atoms with Gasteiger partial charge in [-0.05, 0) is 26.3 Å². The number of ketones is 1. The summed E-state index contributed by atoms with van der Waals surface area (Å²) in [6, 6.07) is 3.75. The Balaban J connectivity index is 2.02. The summed E-state index contributed by atoms with van der Waals surface area (Å²) in [5.74, 6) is 0.529. The predicted molar refractivity (Wildman–Crippen MR) is 82.0 cm³/mol. The highest BCUT2D eigenvalue weighted by Crippen LogP contribution is 2.42. The molecular formula is C16H18N2O5. The van der Waals surface area contributed by atoms with Crippen LogP contribution in [0.4, 0.5) is 5.69 Å². The molecule has 0 fully saturated rings. The topological polar surface area (TPSA) is 102 Å². The zero-order valence-electron chi connectivity index (χ0n) is 12.9. The molecule has 0 radical (unpaired) electrons. The molecule has 1 aromatic rings. The second kappa shape index (κ2) is 5.34. The van der Waals surface area contributed by atoms with E-state index in [-0.39, 0.29) is 11.5 Å². The van der Waals surface area contributed by atoms with Crippen LogP contribution in [0.1, 0.15) is 38.3 Å². The van der Waals surface area contributed by atoms with Gasteiger partial charge in [0.1, 0.15) is 17.5 Å². The summed E-state index contributed by atoms with van der Waals surface area (Å²) in [5.41, 5.74) is 0.326. The largest absolute Gasteiger partial charge is 0.485 e. The van der Waals surface area contributed by atoms with Crippen molar-refractivity contribution in [1.29, 1.82) is 0 Å². The van der Waals surface area contributed by atoms with E-state index in [1.165, 1.54) is 18.2 Å². The van der Waals surface area contributed by atoms with Crippen LogP contribution in [0.2, 0.25) is 0 Å². The van der Waals surface area contributed by atoms with Gasteiger partial charge in [-0.1, -0.05) is 0 Å². The number of carbonyl (C=O) groups is 1. The Morgan fingerprint density at radius 2 is 2.13 bits per heavy atom. The number of non-ortho nitro benzene ring substituents is 1.